The molecular weight excluding hydrogens is 297 g/mol. The van der Waals surface area contributed by atoms with E-state index in [4.69, 9.17) is 0 Å². The zero-order chi connectivity index (χ0) is 15.3. The van der Waals surface area contributed by atoms with Gasteiger partial charge in [-0.2, -0.15) is 13.2 Å². The van der Waals surface area contributed by atoms with Gasteiger partial charge in [0.2, 0.25) is 5.78 Å². The number of rotatable bonds is 5. The topological polar surface area (TPSA) is 17.1 Å². The first-order valence-corrected chi connectivity index (χ1v) is 7.21. The minimum atomic E-state index is -4.79. The van der Waals surface area contributed by atoms with Gasteiger partial charge in [-0.25, -0.2) is 0 Å². The Balaban J connectivity index is 2.21. The average molecular weight is 310 g/mol. The van der Waals surface area contributed by atoms with Crippen molar-refractivity contribution < 1.29 is 18.0 Å². The molecule has 1 nitrogen and oxygen atoms in total. The Labute approximate surface area is 125 Å². The minimum Gasteiger partial charge on any atom is -0.290 e. The van der Waals surface area contributed by atoms with Crippen molar-refractivity contribution in [3.05, 3.63) is 66.2 Å². The van der Waals surface area contributed by atoms with Gasteiger partial charge in [-0.1, -0.05) is 48.5 Å². The number of Topliss-reactive ketones (excluding diaryl/α,β-unsaturated/α-hetero) is 1. The van der Waals surface area contributed by atoms with Crippen LogP contribution in [0.2, 0.25) is 0 Å². The average Bonchev–Trinajstić information content (AvgIpc) is 2.47. The first-order chi connectivity index (χ1) is 9.97. The molecule has 0 amide bonds. The maximum Gasteiger partial charge on any atom is 0.450 e. The van der Waals surface area contributed by atoms with Gasteiger partial charge in [0.15, 0.2) is 0 Å². The molecule has 0 bridgehead atoms. The lowest BCUT2D eigenvalue weighted by Crippen LogP contribution is -2.24. The predicted octanol–water partition coefficient (Wildman–Crippen LogP) is 5.04. The van der Waals surface area contributed by atoms with Gasteiger partial charge < -0.3 is 0 Å². The molecular formula is C16H13F3OS. The van der Waals surface area contributed by atoms with Crippen molar-refractivity contribution in [2.24, 2.45) is 0 Å². The van der Waals surface area contributed by atoms with E-state index in [1.54, 1.807) is 30.3 Å². The van der Waals surface area contributed by atoms with E-state index in [0.717, 1.165) is 4.90 Å². The molecule has 0 aliphatic carbocycles. The molecule has 0 heterocycles. The molecule has 0 N–H and O–H groups in total. The third-order valence-corrected chi connectivity index (χ3v) is 4.15. The molecule has 0 spiro atoms. The van der Waals surface area contributed by atoms with Crippen LogP contribution in [0.1, 0.15) is 17.2 Å². The fraction of sp³-hybridized carbons (Fsp3) is 0.188. The number of halogens is 3. The van der Waals surface area contributed by atoms with Crippen LogP contribution in [0.5, 0.6) is 0 Å². The molecule has 2 aromatic carbocycles. The van der Waals surface area contributed by atoms with E-state index in [1.165, 1.54) is 11.8 Å². The number of hydrogen-bond acceptors (Lipinski definition) is 2. The van der Waals surface area contributed by atoms with Gasteiger partial charge in [0.05, 0.1) is 0 Å². The molecule has 0 fully saturated rings. The number of ketones is 1. The van der Waals surface area contributed by atoms with Crippen LogP contribution in [0.25, 0.3) is 0 Å². The maximum atomic E-state index is 12.5. The van der Waals surface area contributed by atoms with Crippen molar-refractivity contribution in [2.45, 2.75) is 22.7 Å². The molecule has 0 saturated carbocycles. The summed E-state index contributed by atoms with van der Waals surface area (Å²) in [6.45, 7) is 0. The van der Waals surface area contributed by atoms with E-state index >= 15 is 0 Å². The van der Waals surface area contributed by atoms with Crippen LogP contribution < -0.4 is 0 Å². The minimum absolute atomic E-state index is 0.553. The molecule has 2 aromatic rings. The van der Waals surface area contributed by atoms with Crippen molar-refractivity contribution in [1.29, 1.82) is 0 Å². The molecule has 0 radical (unpaired) electrons. The second-order valence-electron chi connectivity index (χ2n) is 4.46. The van der Waals surface area contributed by atoms with Gasteiger partial charge in [0.25, 0.3) is 0 Å². The lowest BCUT2D eigenvalue weighted by atomic mass is 10.1. The molecule has 0 unspecified atom stereocenters. The van der Waals surface area contributed by atoms with E-state index in [1.807, 2.05) is 30.3 Å². The summed E-state index contributed by atoms with van der Waals surface area (Å²) in [5.41, 5.74) is 0.712. The number of benzene rings is 2. The summed E-state index contributed by atoms with van der Waals surface area (Å²) in [4.78, 5) is 12.1. The highest BCUT2D eigenvalue weighted by molar-refractivity contribution is 7.99. The largest absolute Gasteiger partial charge is 0.450 e. The predicted molar refractivity (Wildman–Crippen MR) is 77.2 cm³/mol. The lowest BCUT2D eigenvalue weighted by Gasteiger charge is -2.17. The van der Waals surface area contributed by atoms with E-state index < -0.39 is 23.6 Å². The second kappa shape index (κ2) is 6.80. The highest BCUT2D eigenvalue weighted by Crippen LogP contribution is 2.39. The molecule has 5 heteroatoms. The fourth-order valence-electron chi connectivity index (χ4n) is 1.84. The Morgan fingerprint density at radius 1 is 0.952 bits per heavy atom. The highest BCUT2D eigenvalue weighted by Gasteiger charge is 2.39. The Morgan fingerprint density at radius 3 is 2.00 bits per heavy atom. The van der Waals surface area contributed by atoms with E-state index in [0.29, 0.717) is 5.56 Å². The smallest absolute Gasteiger partial charge is 0.290 e. The summed E-state index contributed by atoms with van der Waals surface area (Å²) < 4.78 is 37.5. The maximum absolute atomic E-state index is 12.5. The normalized spacial score (nSPS) is 12.9. The van der Waals surface area contributed by atoms with Crippen LogP contribution >= 0.6 is 11.8 Å². The van der Waals surface area contributed by atoms with Gasteiger partial charge in [-0.05, 0) is 17.7 Å². The van der Waals surface area contributed by atoms with E-state index in [9.17, 15) is 18.0 Å². The number of carbonyl (C=O) groups excluding carboxylic acids is 1. The Kier molecular flexibility index (Phi) is 5.07. The SMILES string of the molecule is O=C(C[C@H](Sc1ccccc1)c1ccccc1)C(F)(F)F. The third-order valence-electron chi connectivity index (χ3n) is 2.88. The number of alkyl halides is 3. The van der Waals surface area contributed by atoms with Crippen molar-refractivity contribution in [3.8, 4) is 0 Å². The molecule has 0 aliphatic heterocycles. The van der Waals surface area contributed by atoms with Crippen LogP contribution in [0.4, 0.5) is 13.2 Å². The van der Waals surface area contributed by atoms with Crippen molar-refractivity contribution in [2.75, 3.05) is 0 Å². The van der Waals surface area contributed by atoms with Gasteiger partial charge in [0.1, 0.15) is 0 Å². The standard InChI is InChI=1S/C16H13F3OS/c17-16(18,19)15(20)11-14(12-7-3-1-4-8-12)21-13-9-5-2-6-10-13/h1-10,14H,11H2/t14-/m0/s1. The zero-order valence-corrected chi connectivity index (χ0v) is 11.8. The summed E-state index contributed by atoms with van der Waals surface area (Å²) in [5.74, 6) is -1.69. The van der Waals surface area contributed by atoms with E-state index in [-0.39, 0.29) is 0 Å². The second-order valence-corrected chi connectivity index (χ2v) is 5.73. The lowest BCUT2D eigenvalue weighted by molar-refractivity contribution is -0.171. The highest BCUT2D eigenvalue weighted by atomic mass is 32.2. The van der Waals surface area contributed by atoms with Crippen LogP contribution in [-0.4, -0.2) is 12.0 Å². The number of thioether (sulfide) groups is 1. The van der Waals surface area contributed by atoms with Gasteiger partial charge in [-0.3, -0.25) is 4.79 Å². The summed E-state index contributed by atoms with van der Waals surface area (Å²) in [6, 6.07) is 17.9. The Morgan fingerprint density at radius 2 is 1.48 bits per heavy atom. The van der Waals surface area contributed by atoms with E-state index in [2.05, 4.69) is 0 Å². The number of hydrogen-bond donors (Lipinski definition) is 0. The van der Waals surface area contributed by atoms with Crippen LogP contribution in [0, 0.1) is 0 Å². The monoisotopic (exact) mass is 310 g/mol. The first-order valence-electron chi connectivity index (χ1n) is 6.33. The fourth-order valence-corrected chi connectivity index (χ4v) is 3.01. The summed E-state index contributed by atoms with van der Waals surface area (Å²) in [7, 11) is 0. The molecule has 0 aromatic heterocycles. The van der Waals surface area contributed by atoms with Crippen molar-refractivity contribution in [3.63, 3.8) is 0 Å². The molecule has 0 aliphatic rings. The van der Waals surface area contributed by atoms with Crippen molar-refractivity contribution >= 4 is 17.5 Å². The molecule has 21 heavy (non-hydrogen) atoms. The van der Waals surface area contributed by atoms with Crippen LogP contribution in [0.3, 0.4) is 0 Å². The van der Waals surface area contributed by atoms with Crippen LogP contribution in [0.15, 0.2) is 65.6 Å². The third kappa shape index (κ3) is 4.63. The summed E-state index contributed by atoms with van der Waals surface area (Å²) in [6.07, 6.45) is -5.35. The van der Waals surface area contributed by atoms with Crippen LogP contribution in [-0.2, 0) is 4.79 Å². The summed E-state index contributed by atoms with van der Waals surface area (Å²) in [5, 5.41) is -0.553. The van der Waals surface area contributed by atoms with Crippen molar-refractivity contribution in [1.82, 2.24) is 0 Å². The molecule has 0 saturated heterocycles. The van der Waals surface area contributed by atoms with Gasteiger partial charge >= 0.3 is 6.18 Å². The number of carbonyl (C=O) groups is 1. The van der Waals surface area contributed by atoms with Gasteiger partial charge in [-0.15, -0.1) is 11.8 Å². The Bertz CT molecular complexity index is 581. The first kappa shape index (κ1) is 15.6. The summed E-state index contributed by atoms with van der Waals surface area (Å²) >= 11 is 1.27. The molecule has 110 valence electrons. The molecule has 1 atom stereocenters. The van der Waals surface area contributed by atoms with Gasteiger partial charge in [0, 0.05) is 16.6 Å². The molecule has 2 rings (SSSR count). The zero-order valence-electron chi connectivity index (χ0n) is 11.0. The quantitative estimate of drug-likeness (QED) is 0.720. The Hall–Kier alpha value is -1.75.